The van der Waals surface area contributed by atoms with Crippen LogP contribution in [0.15, 0.2) is 21.4 Å². The molecular weight excluding hydrogens is 174 g/mol. The molecule has 5 heteroatoms. The quantitative estimate of drug-likeness (QED) is 0.562. The van der Waals surface area contributed by atoms with E-state index in [0.29, 0.717) is 12.1 Å². The van der Waals surface area contributed by atoms with Crippen LogP contribution in [0.4, 0.5) is 0 Å². The third-order valence-corrected chi connectivity index (χ3v) is 2.47. The maximum atomic E-state index is 10.5. The molecule has 0 N–H and O–H groups in total. The molecule has 0 atom stereocenters. The van der Waals surface area contributed by atoms with Gasteiger partial charge < -0.3 is 0 Å². The van der Waals surface area contributed by atoms with Gasteiger partial charge in [0.05, 0.1) is 12.1 Å². The second kappa shape index (κ2) is 2.75. The van der Waals surface area contributed by atoms with Gasteiger partial charge in [-0.25, -0.2) is 10.0 Å². The van der Waals surface area contributed by atoms with Crippen molar-refractivity contribution in [3.05, 3.63) is 11.3 Å². The van der Waals surface area contributed by atoms with Crippen LogP contribution >= 0.6 is 11.8 Å². The first-order chi connectivity index (χ1) is 5.81. The number of carbonyl (C=O) groups excluding carboxylic acids is 1. The molecule has 0 saturated heterocycles. The third-order valence-electron chi connectivity index (χ3n) is 1.76. The number of amidine groups is 1. The van der Waals surface area contributed by atoms with Crippen molar-refractivity contribution in [2.45, 2.75) is 6.92 Å². The summed E-state index contributed by atoms with van der Waals surface area (Å²) in [6.45, 7) is 2.39. The molecule has 4 nitrogen and oxygen atoms in total. The van der Waals surface area contributed by atoms with Gasteiger partial charge in [0, 0.05) is 11.3 Å². The highest BCUT2D eigenvalue weighted by Crippen LogP contribution is 2.23. The van der Waals surface area contributed by atoms with Gasteiger partial charge in [-0.2, -0.15) is 5.10 Å². The summed E-state index contributed by atoms with van der Waals surface area (Å²) in [5, 5.41) is 6.62. The SMILES string of the molecule is CC1=C(C=O)CN2N=CSC2=N1. The Kier molecular flexibility index (Phi) is 1.73. The summed E-state index contributed by atoms with van der Waals surface area (Å²) in [5.74, 6) is 0. The van der Waals surface area contributed by atoms with Crippen molar-refractivity contribution >= 4 is 28.8 Å². The molecule has 0 aromatic carbocycles. The lowest BCUT2D eigenvalue weighted by Gasteiger charge is -2.19. The number of carbonyl (C=O) groups is 1. The normalized spacial score (nSPS) is 21.1. The van der Waals surface area contributed by atoms with Crippen LogP contribution < -0.4 is 0 Å². The lowest BCUT2D eigenvalue weighted by Crippen LogP contribution is -2.26. The Morgan fingerprint density at radius 2 is 2.58 bits per heavy atom. The standard InChI is InChI=1S/C7H7N3OS/c1-5-6(3-11)2-10-7(9-5)12-4-8-10/h3-4H,2H2,1H3. The first-order valence-electron chi connectivity index (χ1n) is 3.51. The van der Waals surface area contributed by atoms with Crippen LogP contribution in [0.25, 0.3) is 0 Å². The zero-order valence-electron chi connectivity index (χ0n) is 6.52. The van der Waals surface area contributed by atoms with Crippen LogP contribution in [-0.4, -0.2) is 28.6 Å². The number of allylic oxidation sites excluding steroid dienone is 1. The fourth-order valence-electron chi connectivity index (χ4n) is 1.04. The van der Waals surface area contributed by atoms with E-state index in [2.05, 4.69) is 10.1 Å². The summed E-state index contributed by atoms with van der Waals surface area (Å²) >= 11 is 1.48. The molecule has 0 spiro atoms. The summed E-state index contributed by atoms with van der Waals surface area (Å²) in [6, 6.07) is 0. The molecular formula is C7H7N3OS. The zero-order chi connectivity index (χ0) is 8.55. The summed E-state index contributed by atoms with van der Waals surface area (Å²) < 4.78 is 0. The van der Waals surface area contributed by atoms with Gasteiger partial charge in [-0.1, -0.05) is 0 Å². The number of hydrogen-bond acceptors (Lipinski definition) is 5. The number of hydrogen-bond donors (Lipinski definition) is 0. The van der Waals surface area contributed by atoms with Gasteiger partial charge in [0.25, 0.3) is 0 Å². The summed E-state index contributed by atoms with van der Waals surface area (Å²) in [7, 11) is 0. The second-order valence-electron chi connectivity index (χ2n) is 2.52. The van der Waals surface area contributed by atoms with E-state index in [-0.39, 0.29) is 0 Å². The second-order valence-corrected chi connectivity index (χ2v) is 3.33. The van der Waals surface area contributed by atoms with E-state index in [0.717, 1.165) is 17.2 Å². The molecule has 0 bridgehead atoms. The minimum absolute atomic E-state index is 0.553. The fraction of sp³-hybridized carbons (Fsp3) is 0.286. The van der Waals surface area contributed by atoms with E-state index in [9.17, 15) is 4.79 Å². The Labute approximate surface area is 74.0 Å². The smallest absolute Gasteiger partial charge is 0.190 e. The average Bonchev–Trinajstić information content (AvgIpc) is 2.49. The van der Waals surface area contributed by atoms with Crippen molar-refractivity contribution < 1.29 is 4.79 Å². The van der Waals surface area contributed by atoms with E-state index >= 15 is 0 Å². The summed E-state index contributed by atoms with van der Waals surface area (Å²) in [4.78, 5) is 14.8. The first kappa shape index (κ1) is 7.54. The average molecular weight is 181 g/mol. The summed E-state index contributed by atoms with van der Waals surface area (Å²) in [5.41, 5.74) is 3.23. The number of hydrazone groups is 1. The maximum absolute atomic E-state index is 10.5. The maximum Gasteiger partial charge on any atom is 0.190 e. The Bertz CT molecular complexity index is 319. The van der Waals surface area contributed by atoms with Crippen LogP contribution in [0, 0.1) is 0 Å². The van der Waals surface area contributed by atoms with Gasteiger partial charge in [0.2, 0.25) is 0 Å². The predicted molar refractivity (Wildman–Crippen MR) is 49.0 cm³/mol. The van der Waals surface area contributed by atoms with Crippen LogP contribution in [-0.2, 0) is 4.79 Å². The lowest BCUT2D eigenvalue weighted by molar-refractivity contribution is -0.105. The Balaban J connectivity index is 2.35. The molecule has 0 aromatic heterocycles. The zero-order valence-corrected chi connectivity index (χ0v) is 7.34. The van der Waals surface area contributed by atoms with Gasteiger partial charge in [-0.15, -0.1) is 0 Å². The number of thioether (sulfide) groups is 1. The third kappa shape index (κ3) is 1.06. The molecule has 12 heavy (non-hydrogen) atoms. The monoisotopic (exact) mass is 181 g/mol. The Morgan fingerprint density at radius 3 is 3.33 bits per heavy atom. The number of aliphatic imine (C=N–C) groups is 1. The van der Waals surface area contributed by atoms with E-state index in [1.807, 2.05) is 6.92 Å². The molecule has 0 aliphatic carbocycles. The van der Waals surface area contributed by atoms with Gasteiger partial charge in [0.1, 0.15) is 6.29 Å². The highest BCUT2D eigenvalue weighted by atomic mass is 32.2. The summed E-state index contributed by atoms with van der Waals surface area (Å²) in [6.07, 6.45) is 0.841. The molecule has 0 unspecified atom stereocenters. The Morgan fingerprint density at radius 1 is 1.75 bits per heavy atom. The lowest BCUT2D eigenvalue weighted by atomic mass is 10.2. The minimum atomic E-state index is 0.553. The van der Waals surface area contributed by atoms with Crippen molar-refractivity contribution in [2.75, 3.05) is 6.54 Å². The highest BCUT2D eigenvalue weighted by Gasteiger charge is 2.22. The molecule has 2 rings (SSSR count). The first-order valence-corrected chi connectivity index (χ1v) is 4.39. The van der Waals surface area contributed by atoms with E-state index in [1.165, 1.54) is 11.8 Å². The number of aldehydes is 1. The molecule has 62 valence electrons. The molecule has 2 aliphatic heterocycles. The molecule has 0 fully saturated rings. The topological polar surface area (TPSA) is 45.0 Å². The highest BCUT2D eigenvalue weighted by molar-refractivity contribution is 8.25. The molecule has 0 amide bonds. The number of rotatable bonds is 1. The van der Waals surface area contributed by atoms with Crippen molar-refractivity contribution in [3.8, 4) is 0 Å². The largest absolute Gasteiger partial charge is 0.298 e. The van der Waals surface area contributed by atoms with Crippen molar-refractivity contribution in [1.29, 1.82) is 0 Å². The van der Waals surface area contributed by atoms with Crippen LogP contribution in [0.1, 0.15) is 6.92 Å². The van der Waals surface area contributed by atoms with Crippen LogP contribution in [0.5, 0.6) is 0 Å². The van der Waals surface area contributed by atoms with Crippen LogP contribution in [0.3, 0.4) is 0 Å². The van der Waals surface area contributed by atoms with Gasteiger partial charge in [-0.3, -0.25) is 4.79 Å². The predicted octanol–water partition coefficient (Wildman–Crippen LogP) is 0.821. The van der Waals surface area contributed by atoms with Gasteiger partial charge in [-0.05, 0) is 18.7 Å². The van der Waals surface area contributed by atoms with Crippen LogP contribution in [0.2, 0.25) is 0 Å². The minimum Gasteiger partial charge on any atom is -0.298 e. The van der Waals surface area contributed by atoms with E-state index in [1.54, 1.807) is 10.6 Å². The molecule has 2 heterocycles. The van der Waals surface area contributed by atoms with Crippen molar-refractivity contribution in [3.63, 3.8) is 0 Å². The van der Waals surface area contributed by atoms with Crippen molar-refractivity contribution in [2.24, 2.45) is 10.1 Å². The Hall–Kier alpha value is -1.10. The van der Waals surface area contributed by atoms with Crippen molar-refractivity contribution in [1.82, 2.24) is 5.01 Å². The van der Waals surface area contributed by atoms with E-state index < -0.39 is 0 Å². The molecule has 0 radical (unpaired) electrons. The number of fused-ring (bicyclic) bond motifs is 1. The molecule has 2 aliphatic rings. The molecule has 0 saturated carbocycles. The van der Waals surface area contributed by atoms with Gasteiger partial charge in [0.15, 0.2) is 5.17 Å². The van der Waals surface area contributed by atoms with E-state index in [4.69, 9.17) is 0 Å². The number of nitrogens with zero attached hydrogens (tertiary/aromatic N) is 3. The molecule has 0 aromatic rings. The van der Waals surface area contributed by atoms with Gasteiger partial charge >= 0.3 is 0 Å². The fourth-order valence-corrected chi connectivity index (χ4v) is 1.72.